The van der Waals surface area contributed by atoms with Crippen molar-refractivity contribution in [3.63, 3.8) is 0 Å². The molecular weight excluding hydrogens is 166 g/mol. The van der Waals surface area contributed by atoms with Crippen molar-refractivity contribution in [2.75, 3.05) is 19.8 Å². The molecule has 3 heteroatoms. The molecule has 2 fully saturated rings. The summed E-state index contributed by atoms with van der Waals surface area (Å²) in [6, 6.07) is 0. The zero-order chi connectivity index (χ0) is 9.10. The topological polar surface area (TPSA) is 30.5 Å². The third-order valence-corrected chi connectivity index (χ3v) is 2.78. The third-order valence-electron chi connectivity index (χ3n) is 2.78. The summed E-state index contributed by atoms with van der Waals surface area (Å²) < 4.78 is 11.2. The van der Waals surface area contributed by atoms with Gasteiger partial charge in [0.15, 0.2) is 0 Å². The summed E-state index contributed by atoms with van der Waals surface area (Å²) in [6.07, 6.45) is 4.11. The molecule has 2 aliphatic rings. The van der Waals surface area contributed by atoms with Crippen LogP contribution in [0, 0.1) is 5.92 Å². The molecule has 0 aliphatic carbocycles. The van der Waals surface area contributed by atoms with E-state index in [9.17, 15) is 0 Å². The van der Waals surface area contributed by atoms with Crippen LogP contribution in [0.1, 0.15) is 26.2 Å². The summed E-state index contributed by atoms with van der Waals surface area (Å²) in [5.74, 6) is 0.653. The van der Waals surface area contributed by atoms with Crippen molar-refractivity contribution in [1.82, 2.24) is 5.32 Å². The lowest BCUT2D eigenvalue weighted by molar-refractivity contribution is -0.0514. The standard InChI is InChI=1S/C10H19NO2/c1-8-6-11-10(13-7-8)5-9-3-2-4-12-9/h8-11H,2-7H2,1H3. The molecule has 3 atom stereocenters. The Bertz CT molecular complexity index is 149. The van der Waals surface area contributed by atoms with E-state index in [0.29, 0.717) is 12.0 Å². The first-order valence-corrected chi connectivity index (χ1v) is 5.31. The molecule has 2 heterocycles. The maximum absolute atomic E-state index is 5.66. The van der Waals surface area contributed by atoms with Crippen molar-refractivity contribution in [3.05, 3.63) is 0 Å². The second-order valence-corrected chi connectivity index (χ2v) is 4.21. The van der Waals surface area contributed by atoms with E-state index in [1.165, 1.54) is 12.8 Å². The Morgan fingerprint density at radius 1 is 1.38 bits per heavy atom. The maximum atomic E-state index is 5.66. The van der Waals surface area contributed by atoms with Gasteiger partial charge in [-0.25, -0.2) is 0 Å². The Balaban J connectivity index is 1.69. The van der Waals surface area contributed by atoms with Crippen LogP contribution in [0.4, 0.5) is 0 Å². The van der Waals surface area contributed by atoms with Gasteiger partial charge in [-0.15, -0.1) is 0 Å². The first-order chi connectivity index (χ1) is 6.34. The molecule has 0 radical (unpaired) electrons. The van der Waals surface area contributed by atoms with E-state index in [0.717, 1.165) is 26.2 Å². The minimum atomic E-state index is 0.235. The molecule has 1 N–H and O–H groups in total. The first kappa shape index (κ1) is 9.44. The van der Waals surface area contributed by atoms with E-state index in [4.69, 9.17) is 9.47 Å². The molecule has 3 nitrogen and oxygen atoms in total. The largest absolute Gasteiger partial charge is 0.378 e. The monoisotopic (exact) mass is 185 g/mol. The fourth-order valence-electron chi connectivity index (χ4n) is 1.95. The third kappa shape index (κ3) is 2.66. The predicted octanol–water partition coefficient (Wildman–Crippen LogP) is 1.14. The average molecular weight is 185 g/mol. The Labute approximate surface area is 79.8 Å². The van der Waals surface area contributed by atoms with Crippen LogP contribution in [0.25, 0.3) is 0 Å². The Kier molecular flexibility index (Phi) is 3.19. The molecule has 0 bridgehead atoms. The van der Waals surface area contributed by atoms with E-state index in [2.05, 4.69) is 12.2 Å². The van der Waals surface area contributed by atoms with E-state index in [1.54, 1.807) is 0 Å². The second kappa shape index (κ2) is 4.40. The average Bonchev–Trinajstić information content (AvgIpc) is 2.62. The summed E-state index contributed by atoms with van der Waals surface area (Å²) in [5.41, 5.74) is 0. The van der Waals surface area contributed by atoms with Gasteiger partial charge in [-0.2, -0.15) is 0 Å². The highest BCUT2D eigenvalue weighted by atomic mass is 16.5. The van der Waals surface area contributed by atoms with Crippen molar-refractivity contribution in [2.24, 2.45) is 5.92 Å². The second-order valence-electron chi connectivity index (χ2n) is 4.21. The van der Waals surface area contributed by atoms with Gasteiger partial charge < -0.3 is 9.47 Å². The van der Waals surface area contributed by atoms with Crippen LogP contribution < -0.4 is 5.32 Å². The molecule has 2 aliphatic heterocycles. The lowest BCUT2D eigenvalue weighted by Gasteiger charge is -2.29. The zero-order valence-corrected chi connectivity index (χ0v) is 8.29. The lowest BCUT2D eigenvalue weighted by atomic mass is 10.1. The van der Waals surface area contributed by atoms with E-state index >= 15 is 0 Å². The minimum Gasteiger partial charge on any atom is -0.378 e. The molecule has 0 aromatic heterocycles. The van der Waals surface area contributed by atoms with Crippen molar-refractivity contribution >= 4 is 0 Å². The van der Waals surface area contributed by atoms with E-state index < -0.39 is 0 Å². The van der Waals surface area contributed by atoms with Gasteiger partial charge >= 0.3 is 0 Å². The van der Waals surface area contributed by atoms with Gasteiger partial charge in [-0.1, -0.05) is 6.92 Å². The lowest BCUT2D eigenvalue weighted by Crippen LogP contribution is -2.44. The molecule has 0 saturated carbocycles. The predicted molar refractivity (Wildman–Crippen MR) is 50.5 cm³/mol. The first-order valence-electron chi connectivity index (χ1n) is 5.31. The Morgan fingerprint density at radius 3 is 2.92 bits per heavy atom. The number of ether oxygens (including phenoxy) is 2. The number of hydrogen-bond acceptors (Lipinski definition) is 3. The highest BCUT2D eigenvalue weighted by Gasteiger charge is 2.24. The molecule has 3 unspecified atom stereocenters. The molecule has 0 aromatic carbocycles. The molecule has 0 amide bonds. The van der Waals surface area contributed by atoms with Gasteiger partial charge in [0.05, 0.1) is 12.7 Å². The summed E-state index contributed by atoms with van der Waals surface area (Å²) in [5, 5.41) is 3.39. The molecule has 13 heavy (non-hydrogen) atoms. The van der Waals surface area contributed by atoms with Gasteiger partial charge in [0, 0.05) is 19.6 Å². The van der Waals surface area contributed by atoms with E-state index in [-0.39, 0.29) is 6.23 Å². The van der Waals surface area contributed by atoms with Crippen molar-refractivity contribution in [2.45, 2.75) is 38.5 Å². The maximum Gasteiger partial charge on any atom is 0.110 e. The SMILES string of the molecule is CC1CNC(CC2CCCO2)OC1. The summed E-state index contributed by atoms with van der Waals surface area (Å²) >= 11 is 0. The van der Waals surface area contributed by atoms with Crippen LogP contribution in [-0.2, 0) is 9.47 Å². The fourth-order valence-corrected chi connectivity index (χ4v) is 1.95. The van der Waals surface area contributed by atoms with Crippen molar-refractivity contribution in [3.8, 4) is 0 Å². The summed E-state index contributed by atoms with van der Waals surface area (Å²) in [6.45, 7) is 5.12. The van der Waals surface area contributed by atoms with Crippen molar-refractivity contribution < 1.29 is 9.47 Å². The van der Waals surface area contributed by atoms with Crippen LogP contribution in [0.5, 0.6) is 0 Å². The normalized spacial score (nSPS) is 40.8. The van der Waals surface area contributed by atoms with Gasteiger partial charge in [-0.05, 0) is 18.8 Å². The van der Waals surface area contributed by atoms with Crippen LogP contribution in [0.15, 0.2) is 0 Å². The minimum absolute atomic E-state index is 0.235. The molecule has 76 valence electrons. The smallest absolute Gasteiger partial charge is 0.110 e. The van der Waals surface area contributed by atoms with Crippen LogP contribution in [-0.4, -0.2) is 32.1 Å². The quantitative estimate of drug-likeness (QED) is 0.699. The zero-order valence-electron chi connectivity index (χ0n) is 8.29. The summed E-state index contributed by atoms with van der Waals surface area (Å²) in [7, 11) is 0. The van der Waals surface area contributed by atoms with E-state index in [1.807, 2.05) is 0 Å². The van der Waals surface area contributed by atoms with Gasteiger partial charge in [-0.3, -0.25) is 5.32 Å². The molecule has 0 spiro atoms. The Hall–Kier alpha value is -0.120. The number of hydrogen-bond donors (Lipinski definition) is 1. The molecule has 2 rings (SSSR count). The van der Waals surface area contributed by atoms with Gasteiger partial charge in [0.1, 0.15) is 6.23 Å². The van der Waals surface area contributed by atoms with Crippen LogP contribution in [0.2, 0.25) is 0 Å². The molecule has 2 saturated heterocycles. The van der Waals surface area contributed by atoms with Crippen LogP contribution in [0.3, 0.4) is 0 Å². The number of nitrogens with one attached hydrogen (secondary N) is 1. The Morgan fingerprint density at radius 2 is 2.31 bits per heavy atom. The molecular formula is C10H19NO2. The highest BCUT2D eigenvalue weighted by Crippen LogP contribution is 2.19. The number of rotatable bonds is 2. The summed E-state index contributed by atoms with van der Waals surface area (Å²) in [4.78, 5) is 0. The van der Waals surface area contributed by atoms with Gasteiger partial charge in [0.25, 0.3) is 0 Å². The highest BCUT2D eigenvalue weighted by molar-refractivity contribution is 4.73. The van der Waals surface area contributed by atoms with Gasteiger partial charge in [0.2, 0.25) is 0 Å². The fraction of sp³-hybridized carbons (Fsp3) is 1.00. The van der Waals surface area contributed by atoms with Crippen molar-refractivity contribution in [1.29, 1.82) is 0 Å². The van der Waals surface area contributed by atoms with Crippen LogP contribution >= 0.6 is 0 Å². The molecule has 0 aromatic rings.